The zero-order chi connectivity index (χ0) is 11.3. The van der Waals surface area contributed by atoms with E-state index in [1.165, 1.54) is 18.2 Å². The van der Waals surface area contributed by atoms with Crippen LogP contribution in [0.15, 0.2) is 18.2 Å². The summed E-state index contributed by atoms with van der Waals surface area (Å²) in [6.07, 6.45) is 0.575. The Morgan fingerprint density at radius 3 is 2.87 bits per heavy atom. The maximum absolute atomic E-state index is 10.5. The molecule has 5 heteroatoms. The minimum Gasteiger partial charge on any atom is -0.507 e. The van der Waals surface area contributed by atoms with E-state index in [-0.39, 0.29) is 17.0 Å². The number of thiol groups is 1. The maximum atomic E-state index is 10.5. The number of benzene rings is 1. The van der Waals surface area contributed by atoms with Crippen LogP contribution in [0.5, 0.6) is 5.75 Å². The van der Waals surface area contributed by atoms with Crippen LogP contribution in [0.1, 0.15) is 12.0 Å². The summed E-state index contributed by atoms with van der Waals surface area (Å²) in [6.45, 7) is 0. The van der Waals surface area contributed by atoms with Gasteiger partial charge in [0.1, 0.15) is 5.75 Å². The summed E-state index contributed by atoms with van der Waals surface area (Å²) in [7, 11) is 0. The van der Waals surface area contributed by atoms with Crippen LogP contribution in [0, 0.1) is 22.0 Å². The van der Waals surface area contributed by atoms with Crippen molar-refractivity contribution in [3.8, 4) is 17.6 Å². The van der Waals surface area contributed by atoms with Gasteiger partial charge in [0.15, 0.2) is 0 Å². The lowest BCUT2D eigenvalue weighted by atomic mass is 10.2. The highest BCUT2D eigenvalue weighted by atomic mass is 32.1. The van der Waals surface area contributed by atoms with E-state index in [9.17, 15) is 15.2 Å². The van der Waals surface area contributed by atoms with E-state index >= 15 is 0 Å². The number of aromatic hydroxyl groups is 1. The van der Waals surface area contributed by atoms with Gasteiger partial charge in [-0.1, -0.05) is 11.8 Å². The van der Waals surface area contributed by atoms with Crippen molar-refractivity contribution in [2.75, 3.05) is 5.75 Å². The molecule has 0 radical (unpaired) electrons. The molecule has 0 aliphatic rings. The Balaban J connectivity index is 3.02. The van der Waals surface area contributed by atoms with Crippen LogP contribution < -0.4 is 0 Å². The minimum atomic E-state index is -0.525. The average Bonchev–Trinajstić information content (AvgIpc) is 2.20. The number of nitrogens with zero attached hydrogens (tertiary/aromatic N) is 1. The highest BCUT2D eigenvalue weighted by Crippen LogP contribution is 2.21. The third-order valence-electron chi connectivity index (χ3n) is 1.65. The molecular formula is C10H9NO3S. The first-order valence-corrected chi connectivity index (χ1v) is 4.85. The van der Waals surface area contributed by atoms with Crippen molar-refractivity contribution in [1.82, 2.24) is 0 Å². The molecule has 15 heavy (non-hydrogen) atoms. The zero-order valence-electron chi connectivity index (χ0n) is 7.80. The highest BCUT2D eigenvalue weighted by molar-refractivity contribution is 7.80. The molecule has 78 valence electrons. The van der Waals surface area contributed by atoms with Crippen LogP contribution in [0.25, 0.3) is 0 Å². The molecule has 0 heterocycles. The average molecular weight is 223 g/mol. The van der Waals surface area contributed by atoms with Gasteiger partial charge >= 0.3 is 0 Å². The number of hydrogen-bond acceptors (Lipinski definition) is 4. The molecule has 0 aliphatic heterocycles. The topological polar surface area (TPSA) is 63.4 Å². The number of non-ortho nitro benzene ring substituents is 1. The molecule has 1 aromatic carbocycles. The van der Waals surface area contributed by atoms with Gasteiger partial charge in [-0.05, 0) is 6.07 Å². The molecule has 0 saturated carbocycles. The monoisotopic (exact) mass is 223 g/mol. The summed E-state index contributed by atoms with van der Waals surface area (Å²) >= 11 is 3.97. The molecule has 0 aromatic heterocycles. The van der Waals surface area contributed by atoms with Crippen LogP contribution >= 0.6 is 12.6 Å². The number of hydrogen-bond donors (Lipinski definition) is 2. The van der Waals surface area contributed by atoms with Gasteiger partial charge in [-0.25, -0.2) is 0 Å². The summed E-state index contributed by atoms with van der Waals surface area (Å²) < 4.78 is 0. The number of nitro benzene ring substituents is 1. The molecule has 0 aliphatic carbocycles. The van der Waals surface area contributed by atoms with Crippen molar-refractivity contribution >= 4 is 18.3 Å². The molecule has 0 amide bonds. The normalized spacial score (nSPS) is 9.13. The Kier molecular flexibility index (Phi) is 4.01. The van der Waals surface area contributed by atoms with Gasteiger partial charge in [0.2, 0.25) is 0 Å². The van der Waals surface area contributed by atoms with Crippen LogP contribution in [0.4, 0.5) is 5.69 Å². The second-order valence-corrected chi connectivity index (χ2v) is 3.18. The van der Waals surface area contributed by atoms with Gasteiger partial charge in [0.25, 0.3) is 5.69 Å². The molecule has 0 atom stereocenters. The van der Waals surface area contributed by atoms with E-state index in [0.717, 1.165) is 0 Å². The van der Waals surface area contributed by atoms with Crippen LogP contribution in [0.2, 0.25) is 0 Å². The van der Waals surface area contributed by atoms with E-state index in [1.807, 2.05) is 0 Å². The second kappa shape index (κ2) is 5.27. The highest BCUT2D eigenvalue weighted by Gasteiger charge is 2.08. The first-order valence-electron chi connectivity index (χ1n) is 4.22. The van der Waals surface area contributed by atoms with Crippen molar-refractivity contribution in [2.45, 2.75) is 6.42 Å². The maximum Gasteiger partial charge on any atom is 0.270 e. The molecular weight excluding hydrogens is 214 g/mol. The van der Waals surface area contributed by atoms with Crippen molar-refractivity contribution in [3.63, 3.8) is 0 Å². The third-order valence-corrected chi connectivity index (χ3v) is 1.87. The number of nitro groups is 1. The van der Waals surface area contributed by atoms with E-state index in [1.54, 1.807) is 0 Å². The van der Waals surface area contributed by atoms with Gasteiger partial charge in [0.05, 0.1) is 10.5 Å². The van der Waals surface area contributed by atoms with Gasteiger partial charge in [0, 0.05) is 24.3 Å². The molecule has 0 fully saturated rings. The molecule has 1 N–H and O–H groups in total. The van der Waals surface area contributed by atoms with Gasteiger partial charge in [-0.15, -0.1) is 0 Å². The summed E-state index contributed by atoms with van der Waals surface area (Å²) in [6, 6.07) is 3.75. The van der Waals surface area contributed by atoms with Crippen molar-refractivity contribution in [1.29, 1.82) is 0 Å². The fourth-order valence-electron chi connectivity index (χ4n) is 0.951. The van der Waals surface area contributed by atoms with E-state index in [0.29, 0.717) is 12.2 Å². The summed E-state index contributed by atoms with van der Waals surface area (Å²) in [4.78, 5) is 9.93. The minimum absolute atomic E-state index is 0.0488. The predicted octanol–water partition coefficient (Wildman–Crippen LogP) is 1.97. The van der Waals surface area contributed by atoms with E-state index in [2.05, 4.69) is 24.5 Å². The standard InChI is InChI=1S/C10H9NO3S/c12-10-5-4-9(11(13)14)7-8(10)3-1-2-6-15/h4-5,7,12,15H,2,6H2. The number of phenolic OH excluding ortho intramolecular Hbond substituents is 1. The molecule has 0 spiro atoms. The van der Waals surface area contributed by atoms with Gasteiger partial charge in [-0.3, -0.25) is 10.1 Å². The fourth-order valence-corrected chi connectivity index (χ4v) is 1.06. The summed E-state index contributed by atoms with van der Waals surface area (Å²) in [5.74, 6) is 5.97. The molecule has 0 saturated heterocycles. The largest absolute Gasteiger partial charge is 0.507 e. The Bertz CT molecular complexity index is 434. The lowest BCUT2D eigenvalue weighted by Gasteiger charge is -1.96. The second-order valence-electron chi connectivity index (χ2n) is 2.73. The lowest BCUT2D eigenvalue weighted by molar-refractivity contribution is -0.384. The first kappa shape index (κ1) is 11.4. The van der Waals surface area contributed by atoms with Crippen LogP contribution in [-0.4, -0.2) is 15.8 Å². The molecule has 1 rings (SSSR count). The third kappa shape index (κ3) is 3.18. The molecule has 1 aromatic rings. The zero-order valence-corrected chi connectivity index (χ0v) is 8.70. The molecule has 0 bridgehead atoms. The Labute approximate surface area is 92.5 Å². The Hall–Kier alpha value is -1.67. The SMILES string of the molecule is O=[N+]([O-])c1ccc(O)c(C#CCCS)c1. The van der Waals surface area contributed by atoms with Crippen molar-refractivity contribution in [3.05, 3.63) is 33.9 Å². The van der Waals surface area contributed by atoms with Crippen molar-refractivity contribution in [2.24, 2.45) is 0 Å². The number of rotatable bonds is 2. The quantitative estimate of drug-likeness (QED) is 0.349. The summed E-state index contributed by atoms with van der Waals surface area (Å²) in [5, 5.41) is 19.8. The van der Waals surface area contributed by atoms with E-state index in [4.69, 9.17) is 0 Å². The molecule has 0 unspecified atom stereocenters. The predicted molar refractivity (Wildman–Crippen MR) is 60.1 cm³/mol. The summed E-state index contributed by atoms with van der Waals surface area (Å²) in [5.41, 5.74) is 0.189. The Morgan fingerprint density at radius 1 is 1.53 bits per heavy atom. The molecule has 4 nitrogen and oxygen atoms in total. The van der Waals surface area contributed by atoms with Crippen molar-refractivity contribution < 1.29 is 10.0 Å². The Morgan fingerprint density at radius 2 is 2.27 bits per heavy atom. The smallest absolute Gasteiger partial charge is 0.270 e. The van der Waals surface area contributed by atoms with Gasteiger partial charge in [-0.2, -0.15) is 12.6 Å². The fraction of sp³-hybridized carbons (Fsp3) is 0.200. The van der Waals surface area contributed by atoms with Gasteiger partial charge < -0.3 is 5.11 Å². The number of phenols is 1. The first-order chi connectivity index (χ1) is 7.15. The van der Waals surface area contributed by atoms with E-state index < -0.39 is 4.92 Å². The lowest BCUT2D eigenvalue weighted by Crippen LogP contribution is -1.88. The van der Waals surface area contributed by atoms with Crippen LogP contribution in [-0.2, 0) is 0 Å². The van der Waals surface area contributed by atoms with Crippen LogP contribution in [0.3, 0.4) is 0 Å².